The lowest BCUT2D eigenvalue weighted by Crippen LogP contribution is -2.10. The van der Waals surface area contributed by atoms with Crippen molar-refractivity contribution in [1.82, 2.24) is 15.2 Å². The molecule has 0 spiro atoms. The van der Waals surface area contributed by atoms with Crippen LogP contribution < -0.4 is 5.69 Å². The third kappa shape index (κ3) is 1.73. The average molecular weight is 191 g/mol. The summed E-state index contributed by atoms with van der Waals surface area (Å²) in [7, 11) is -3.20. The molecule has 0 aliphatic rings. The van der Waals surface area contributed by atoms with Gasteiger partial charge in [-0.2, -0.15) is 5.10 Å². The van der Waals surface area contributed by atoms with E-state index in [4.69, 9.17) is 0 Å². The maximum absolute atomic E-state index is 11.0. The quantitative estimate of drug-likeness (QED) is 0.640. The molecule has 1 aromatic rings. The third-order valence-corrected chi connectivity index (χ3v) is 3.05. The zero-order chi connectivity index (χ0) is 9.35. The number of hydrogen-bond donors (Lipinski definition) is 2. The largest absolute Gasteiger partial charge is 0.340 e. The smallest absolute Gasteiger partial charge is 0.292 e. The molecule has 1 rings (SSSR count). The van der Waals surface area contributed by atoms with Gasteiger partial charge in [0.05, 0.1) is 0 Å². The summed E-state index contributed by atoms with van der Waals surface area (Å²) in [5, 5.41) is 4.82. The Morgan fingerprint density at radius 1 is 1.50 bits per heavy atom. The summed E-state index contributed by atoms with van der Waals surface area (Å²) in [5.41, 5.74) is -0.500. The Balaban J connectivity index is 3.09. The minimum Gasteiger partial charge on any atom is -0.292 e. The molecule has 2 N–H and O–H groups in total. The van der Waals surface area contributed by atoms with E-state index < -0.39 is 20.8 Å². The van der Waals surface area contributed by atoms with Gasteiger partial charge in [0.25, 0.3) is 0 Å². The zero-order valence-electron chi connectivity index (χ0n) is 6.66. The van der Waals surface area contributed by atoms with Gasteiger partial charge in [0.15, 0.2) is 9.84 Å². The first-order valence-corrected chi connectivity index (χ1v) is 5.20. The number of sulfone groups is 1. The summed E-state index contributed by atoms with van der Waals surface area (Å²) in [6, 6.07) is 0. The highest BCUT2D eigenvalue weighted by atomic mass is 32.2. The van der Waals surface area contributed by atoms with E-state index in [0.717, 1.165) is 6.26 Å². The second-order valence-corrected chi connectivity index (χ2v) is 4.90. The number of H-pyrrole nitrogens is 2. The number of nitrogens with one attached hydrogen (secondary N) is 2. The molecule has 0 saturated heterocycles. The fourth-order valence-corrected chi connectivity index (χ4v) is 1.20. The summed E-state index contributed by atoms with van der Waals surface area (Å²) in [4.78, 5) is 12.8. The molecular formula is C5H9N3O3S. The molecule has 0 bridgehead atoms. The first kappa shape index (κ1) is 8.98. The third-order valence-electron chi connectivity index (χ3n) is 1.55. The van der Waals surface area contributed by atoms with Crippen molar-refractivity contribution in [2.45, 2.75) is 12.2 Å². The second kappa shape index (κ2) is 2.74. The van der Waals surface area contributed by atoms with Crippen LogP contribution in [-0.4, -0.2) is 29.9 Å². The summed E-state index contributed by atoms with van der Waals surface area (Å²) in [5.74, 6) is 0.141. The van der Waals surface area contributed by atoms with E-state index in [2.05, 4.69) is 15.2 Å². The van der Waals surface area contributed by atoms with Crippen LogP contribution >= 0.6 is 0 Å². The first-order valence-electron chi connectivity index (χ1n) is 3.24. The Morgan fingerprint density at radius 3 is 2.42 bits per heavy atom. The average Bonchev–Trinajstić information content (AvgIpc) is 2.32. The number of aromatic nitrogens is 3. The highest BCUT2D eigenvalue weighted by Gasteiger charge is 2.20. The van der Waals surface area contributed by atoms with E-state index in [9.17, 15) is 13.2 Å². The highest BCUT2D eigenvalue weighted by Crippen LogP contribution is 2.14. The van der Waals surface area contributed by atoms with Crippen molar-refractivity contribution >= 4 is 9.84 Å². The Labute approximate surface area is 68.9 Å². The fourth-order valence-electron chi connectivity index (χ4n) is 0.679. The van der Waals surface area contributed by atoms with Gasteiger partial charge in [0.1, 0.15) is 11.1 Å². The van der Waals surface area contributed by atoms with Crippen LogP contribution in [0.1, 0.15) is 18.0 Å². The topological polar surface area (TPSA) is 95.7 Å². The van der Waals surface area contributed by atoms with Crippen molar-refractivity contribution in [3.63, 3.8) is 0 Å². The van der Waals surface area contributed by atoms with Crippen LogP contribution in [0, 0.1) is 0 Å². The second-order valence-electron chi connectivity index (χ2n) is 2.53. The van der Waals surface area contributed by atoms with Crippen LogP contribution in [0.15, 0.2) is 4.79 Å². The van der Waals surface area contributed by atoms with Crippen molar-refractivity contribution in [2.75, 3.05) is 6.26 Å². The predicted molar refractivity (Wildman–Crippen MR) is 42.5 cm³/mol. The van der Waals surface area contributed by atoms with Crippen LogP contribution in [0.5, 0.6) is 0 Å². The Hall–Kier alpha value is -1.11. The molecule has 1 heterocycles. The molecule has 0 aromatic carbocycles. The van der Waals surface area contributed by atoms with E-state index >= 15 is 0 Å². The monoisotopic (exact) mass is 191 g/mol. The van der Waals surface area contributed by atoms with Crippen LogP contribution in [-0.2, 0) is 9.84 Å². The normalized spacial score (nSPS) is 14.5. The lowest BCUT2D eigenvalue weighted by atomic mass is 10.5. The summed E-state index contributed by atoms with van der Waals surface area (Å²) >= 11 is 0. The van der Waals surface area contributed by atoms with Gasteiger partial charge in [-0.15, -0.1) is 0 Å². The Bertz CT molecular complexity index is 415. The van der Waals surface area contributed by atoms with Gasteiger partial charge in [0, 0.05) is 6.26 Å². The number of rotatable bonds is 2. The Morgan fingerprint density at radius 2 is 2.08 bits per heavy atom. The minimum atomic E-state index is -3.20. The molecule has 1 aromatic heterocycles. The number of hydrogen-bond acceptors (Lipinski definition) is 4. The van der Waals surface area contributed by atoms with E-state index in [-0.39, 0.29) is 5.82 Å². The molecule has 1 unspecified atom stereocenters. The molecule has 0 aliphatic heterocycles. The van der Waals surface area contributed by atoms with Gasteiger partial charge in [0.2, 0.25) is 0 Å². The molecule has 68 valence electrons. The number of nitrogens with zero attached hydrogens (tertiary/aromatic N) is 1. The van der Waals surface area contributed by atoms with Crippen LogP contribution in [0.3, 0.4) is 0 Å². The molecule has 0 aliphatic carbocycles. The minimum absolute atomic E-state index is 0.141. The maximum atomic E-state index is 11.0. The van der Waals surface area contributed by atoms with Gasteiger partial charge in [-0.25, -0.2) is 18.3 Å². The van der Waals surface area contributed by atoms with Crippen LogP contribution in [0.4, 0.5) is 0 Å². The van der Waals surface area contributed by atoms with Gasteiger partial charge in [-0.1, -0.05) is 0 Å². The molecule has 0 radical (unpaired) electrons. The van der Waals surface area contributed by atoms with Gasteiger partial charge in [-0.3, -0.25) is 4.98 Å². The highest BCUT2D eigenvalue weighted by molar-refractivity contribution is 7.90. The maximum Gasteiger partial charge on any atom is 0.340 e. The van der Waals surface area contributed by atoms with Crippen molar-refractivity contribution in [1.29, 1.82) is 0 Å². The van der Waals surface area contributed by atoms with Gasteiger partial charge < -0.3 is 0 Å². The summed E-state index contributed by atoms with van der Waals surface area (Å²) < 4.78 is 21.9. The molecule has 0 amide bonds. The van der Waals surface area contributed by atoms with Crippen molar-refractivity contribution in [3.8, 4) is 0 Å². The van der Waals surface area contributed by atoms with E-state index in [1.807, 2.05) is 0 Å². The molecule has 6 nitrogen and oxygen atoms in total. The lowest BCUT2D eigenvalue weighted by Gasteiger charge is -2.02. The fraction of sp³-hybridized carbons (Fsp3) is 0.600. The van der Waals surface area contributed by atoms with Gasteiger partial charge in [-0.05, 0) is 6.92 Å². The zero-order valence-corrected chi connectivity index (χ0v) is 7.47. The van der Waals surface area contributed by atoms with Crippen molar-refractivity contribution in [3.05, 3.63) is 16.3 Å². The predicted octanol–water partition coefficient (Wildman–Crippen LogP) is -0.796. The molecular weight excluding hydrogens is 182 g/mol. The SMILES string of the molecule is CC(c1n[nH]c(=O)[nH]1)S(C)(=O)=O. The molecule has 1 atom stereocenters. The van der Waals surface area contributed by atoms with E-state index in [0.29, 0.717) is 0 Å². The van der Waals surface area contributed by atoms with Crippen molar-refractivity contribution in [2.24, 2.45) is 0 Å². The van der Waals surface area contributed by atoms with Gasteiger partial charge >= 0.3 is 5.69 Å². The molecule has 0 saturated carbocycles. The molecule has 12 heavy (non-hydrogen) atoms. The first-order chi connectivity index (χ1) is 5.41. The standard InChI is InChI=1S/C5H9N3O3S/c1-3(12(2,10)11)4-6-5(9)8-7-4/h3H,1-2H3,(H2,6,7,8,9). The van der Waals surface area contributed by atoms with E-state index in [1.54, 1.807) is 0 Å². The summed E-state index contributed by atoms with van der Waals surface area (Å²) in [6.07, 6.45) is 1.09. The molecule has 7 heteroatoms. The lowest BCUT2D eigenvalue weighted by molar-refractivity contribution is 0.589. The molecule has 0 fully saturated rings. The van der Waals surface area contributed by atoms with Crippen LogP contribution in [0.25, 0.3) is 0 Å². The summed E-state index contributed by atoms with van der Waals surface area (Å²) in [6.45, 7) is 1.46. The van der Waals surface area contributed by atoms with Crippen LogP contribution in [0.2, 0.25) is 0 Å². The van der Waals surface area contributed by atoms with E-state index in [1.165, 1.54) is 6.92 Å². The number of aromatic amines is 2. The van der Waals surface area contributed by atoms with Crippen molar-refractivity contribution < 1.29 is 8.42 Å². The Kier molecular flexibility index (Phi) is 2.05.